The first-order chi connectivity index (χ1) is 14.2. The minimum absolute atomic E-state index is 0.00925. The monoisotopic (exact) mass is 406 g/mol. The summed E-state index contributed by atoms with van der Waals surface area (Å²) in [6.45, 7) is 6.78. The average Bonchev–Trinajstić information content (AvgIpc) is 2.71. The molecule has 3 aromatic rings. The van der Waals surface area contributed by atoms with E-state index in [1.54, 1.807) is 49.7 Å². The van der Waals surface area contributed by atoms with Crippen molar-refractivity contribution < 1.29 is 13.9 Å². The van der Waals surface area contributed by atoms with Gasteiger partial charge in [-0.1, -0.05) is 26.7 Å². The molecule has 1 aromatic heterocycles. The molecule has 0 fully saturated rings. The third kappa shape index (κ3) is 5.48. The summed E-state index contributed by atoms with van der Waals surface area (Å²) in [5, 5.41) is 0. The number of halogens is 1. The zero-order valence-electron chi connectivity index (χ0n) is 17.4. The zero-order valence-corrected chi connectivity index (χ0v) is 17.4. The van der Waals surface area contributed by atoms with Crippen molar-refractivity contribution in [3.63, 3.8) is 0 Å². The molecule has 30 heavy (non-hydrogen) atoms. The van der Waals surface area contributed by atoms with E-state index < -0.39 is 5.69 Å². The van der Waals surface area contributed by atoms with E-state index in [0.29, 0.717) is 35.1 Å². The number of hydrogen-bond acceptors (Lipinski definition) is 4. The third-order valence-electron chi connectivity index (χ3n) is 4.07. The second-order valence-electron chi connectivity index (χ2n) is 7.91. The highest BCUT2D eigenvalue weighted by Crippen LogP contribution is 2.30. The molecule has 2 aromatic carbocycles. The molecule has 6 heteroatoms. The highest BCUT2D eigenvalue weighted by Gasteiger charge is 2.14. The number of aromatic nitrogens is 2. The molecule has 0 aliphatic rings. The van der Waals surface area contributed by atoms with Crippen molar-refractivity contribution in [2.45, 2.75) is 20.8 Å². The Balaban J connectivity index is 1.84. The predicted octanol–water partition coefficient (Wildman–Crippen LogP) is 4.20. The maximum atomic E-state index is 13.0. The molecule has 0 bridgehead atoms. The molecule has 0 amide bonds. The molecule has 0 atom stereocenters. The largest absolute Gasteiger partial charge is 0.493 e. The minimum atomic E-state index is -0.466. The van der Waals surface area contributed by atoms with Gasteiger partial charge in [0.05, 0.1) is 19.4 Å². The molecule has 0 N–H and O–H groups in total. The summed E-state index contributed by atoms with van der Waals surface area (Å²) in [6.07, 6.45) is 1.61. The van der Waals surface area contributed by atoms with E-state index >= 15 is 0 Å². The lowest BCUT2D eigenvalue weighted by atomic mass is 9.99. The quantitative estimate of drug-likeness (QED) is 0.610. The van der Waals surface area contributed by atoms with Gasteiger partial charge in [-0.3, -0.25) is 4.57 Å². The van der Waals surface area contributed by atoms with Crippen molar-refractivity contribution in [3.05, 3.63) is 82.3 Å². The molecule has 0 unspecified atom stereocenters. The van der Waals surface area contributed by atoms with Crippen LogP contribution in [0.15, 0.2) is 59.5 Å². The lowest BCUT2D eigenvalue weighted by molar-refractivity contribution is 0.191. The van der Waals surface area contributed by atoms with E-state index in [4.69, 9.17) is 9.47 Å². The van der Waals surface area contributed by atoms with E-state index in [1.165, 1.54) is 16.7 Å². The molecule has 154 valence electrons. The summed E-state index contributed by atoms with van der Waals surface area (Å²) in [4.78, 5) is 16.5. The SMILES string of the molecule is COc1cc(-n2ccc(C#Cc3ccc(F)cc3)nc2=O)ccc1OCC(C)(C)C. The van der Waals surface area contributed by atoms with Gasteiger partial charge in [0.2, 0.25) is 0 Å². The number of hydrogen-bond donors (Lipinski definition) is 0. The lowest BCUT2D eigenvalue weighted by Crippen LogP contribution is -2.21. The molecule has 0 aliphatic carbocycles. The summed E-state index contributed by atoms with van der Waals surface area (Å²) in [5.74, 6) is 6.50. The maximum absolute atomic E-state index is 13.0. The molecule has 3 rings (SSSR count). The van der Waals surface area contributed by atoms with Crippen LogP contribution in [0.4, 0.5) is 4.39 Å². The van der Waals surface area contributed by atoms with E-state index in [-0.39, 0.29) is 11.2 Å². The van der Waals surface area contributed by atoms with Crippen molar-refractivity contribution >= 4 is 0 Å². The fraction of sp³-hybridized carbons (Fsp3) is 0.250. The second-order valence-corrected chi connectivity index (χ2v) is 7.91. The molecule has 5 nitrogen and oxygen atoms in total. The predicted molar refractivity (Wildman–Crippen MR) is 114 cm³/mol. The van der Waals surface area contributed by atoms with Crippen LogP contribution >= 0.6 is 0 Å². The van der Waals surface area contributed by atoms with Gasteiger partial charge in [0.25, 0.3) is 0 Å². The van der Waals surface area contributed by atoms with E-state index in [2.05, 4.69) is 37.6 Å². The Kier molecular flexibility index (Phi) is 6.22. The first kappa shape index (κ1) is 21.1. The normalized spacial score (nSPS) is 10.8. The van der Waals surface area contributed by atoms with Crippen LogP contribution in [0.2, 0.25) is 0 Å². The Morgan fingerprint density at radius 3 is 2.40 bits per heavy atom. The Labute approximate surface area is 175 Å². The lowest BCUT2D eigenvalue weighted by Gasteiger charge is -2.20. The zero-order chi connectivity index (χ0) is 21.7. The summed E-state index contributed by atoms with van der Waals surface area (Å²) in [6, 6.07) is 12.7. The topological polar surface area (TPSA) is 53.4 Å². The smallest absolute Gasteiger partial charge is 0.353 e. The number of ether oxygens (including phenoxy) is 2. The van der Waals surface area contributed by atoms with Gasteiger partial charge in [0.15, 0.2) is 11.5 Å². The van der Waals surface area contributed by atoms with E-state index in [1.807, 2.05) is 0 Å². The van der Waals surface area contributed by atoms with Gasteiger partial charge in [-0.15, -0.1) is 0 Å². The fourth-order valence-corrected chi connectivity index (χ4v) is 2.56. The van der Waals surface area contributed by atoms with Crippen LogP contribution in [-0.2, 0) is 0 Å². The van der Waals surface area contributed by atoms with Crippen LogP contribution in [-0.4, -0.2) is 23.3 Å². The summed E-state index contributed by atoms with van der Waals surface area (Å²) in [7, 11) is 1.55. The molecule has 0 spiro atoms. The number of nitrogens with zero attached hydrogens (tertiary/aromatic N) is 2. The van der Waals surface area contributed by atoms with Gasteiger partial charge in [-0.25, -0.2) is 9.18 Å². The molecular weight excluding hydrogens is 383 g/mol. The van der Waals surface area contributed by atoms with Crippen molar-refractivity contribution in [1.82, 2.24) is 9.55 Å². The Morgan fingerprint density at radius 2 is 1.77 bits per heavy atom. The van der Waals surface area contributed by atoms with Crippen LogP contribution in [0, 0.1) is 23.1 Å². The standard InChI is InChI=1S/C24H23FN2O3/c1-24(2,3)16-30-21-12-11-20(15-22(21)29-4)27-14-13-19(26-23(27)28)10-7-17-5-8-18(25)9-6-17/h5-6,8-9,11-15H,16H2,1-4H3. The van der Waals surface area contributed by atoms with E-state index in [9.17, 15) is 9.18 Å². The molecule has 0 aliphatic heterocycles. The van der Waals surface area contributed by atoms with Crippen molar-refractivity contribution in [2.75, 3.05) is 13.7 Å². The Bertz CT molecular complexity index is 1150. The van der Waals surface area contributed by atoms with Gasteiger partial charge in [0.1, 0.15) is 11.5 Å². The molecule has 0 radical (unpaired) electrons. The van der Waals surface area contributed by atoms with Gasteiger partial charge in [0, 0.05) is 17.8 Å². The van der Waals surface area contributed by atoms with Crippen LogP contribution in [0.1, 0.15) is 32.0 Å². The second kappa shape index (κ2) is 8.83. The summed E-state index contributed by atoms with van der Waals surface area (Å²) < 4.78 is 25.6. The van der Waals surface area contributed by atoms with E-state index in [0.717, 1.165) is 0 Å². The van der Waals surface area contributed by atoms with Crippen LogP contribution in [0.5, 0.6) is 11.5 Å². The Hall–Kier alpha value is -3.59. The first-order valence-electron chi connectivity index (χ1n) is 9.44. The van der Waals surface area contributed by atoms with Crippen molar-refractivity contribution in [1.29, 1.82) is 0 Å². The molecule has 0 saturated heterocycles. The Morgan fingerprint density at radius 1 is 1.03 bits per heavy atom. The van der Waals surface area contributed by atoms with Crippen LogP contribution < -0.4 is 15.2 Å². The fourth-order valence-electron chi connectivity index (χ4n) is 2.56. The summed E-state index contributed by atoms with van der Waals surface area (Å²) >= 11 is 0. The third-order valence-corrected chi connectivity index (χ3v) is 4.07. The average molecular weight is 406 g/mol. The summed E-state index contributed by atoms with van der Waals surface area (Å²) in [5.41, 5.74) is 1.11. The number of methoxy groups -OCH3 is 1. The van der Waals surface area contributed by atoms with Gasteiger partial charge >= 0.3 is 5.69 Å². The van der Waals surface area contributed by atoms with Crippen LogP contribution in [0.3, 0.4) is 0 Å². The maximum Gasteiger partial charge on any atom is 0.353 e. The highest BCUT2D eigenvalue weighted by atomic mass is 19.1. The highest BCUT2D eigenvalue weighted by molar-refractivity contribution is 5.49. The van der Waals surface area contributed by atoms with Crippen molar-refractivity contribution in [3.8, 4) is 29.0 Å². The number of benzene rings is 2. The molecular formula is C24H23FN2O3. The van der Waals surface area contributed by atoms with Gasteiger partial charge in [-0.2, -0.15) is 4.98 Å². The minimum Gasteiger partial charge on any atom is -0.493 e. The number of rotatable bonds is 4. The van der Waals surface area contributed by atoms with Gasteiger partial charge < -0.3 is 9.47 Å². The molecule has 1 heterocycles. The van der Waals surface area contributed by atoms with Gasteiger partial charge in [-0.05, 0) is 53.8 Å². The van der Waals surface area contributed by atoms with Crippen molar-refractivity contribution in [2.24, 2.45) is 5.41 Å². The first-order valence-corrected chi connectivity index (χ1v) is 9.44. The molecule has 0 saturated carbocycles. The van der Waals surface area contributed by atoms with Crippen LogP contribution in [0.25, 0.3) is 5.69 Å².